The van der Waals surface area contributed by atoms with E-state index in [1.807, 2.05) is 61.5 Å². The van der Waals surface area contributed by atoms with Gasteiger partial charge in [-0.2, -0.15) is 4.98 Å². The Morgan fingerprint density at radius 3 is 2.66 bits per heavy atom. The lowest BCUT2D eigenvalue weighted by molar-refractivity contribution is 0.0962. The second kappa shape index (κ2) is 9.02. The third-order valence-corrected chi connectivity index (χ3v) is 6.49. The van der Waals surface area contributed by atoms with Crippen molar-refractivity contribution in [3.05, 3.63) is 76.8 Å². The molecule has 2 aromatic carbocycles. The van der Waals surface area contributed by atoms with E-state index in [0.717, 1.165) is 41.8 Å². The predicted octanol–water partition coefficient (Wildman–Crippen LogP) is 5.23. The van der Waals surface area contributed by atoms with Crippen LogP contribution in [0, 0.1) is 0 Å². The molecule has 2 unspecified atom stereocenters. The SMILES string of the molecule is CC1=C(c2nc(-c3ccccc3)no2)C(c2ccc(Cl)cc2)NC(=S)N1CC1CCCO1. The standard InChI is InChI=1S/C24H23ClN4O2S/c1-15-20(23-27-22(28-31-23)17-6-3-2-4-7-17)21(16-9-11-18(25)12-10-16)26-24(32)29(15)14-19-8-5-13-30-19/h2-4,6-7,9-12,19,21H,5,8,13-14H2,1H3,(H,26,32). The summed E-state index contributed by atoms with van der Waals surface area (Å²) in [4.78, 5) is 6.82. The summed E-state index contributed by atoms with van der Waals surface area (Å²) in [6.07, 6.45) is 2.26. The number of thiocarbonyl (C=S) groups is 1. The van der Waals surface area contributed by atoms with Crippen LogP contribution < -0.4 is 5.32 Å². The molecule has 1 saturated heterocycles. The summed E-state index contributed by atoms with van der Waals surface area (Å²) in [6.45, 7) is 3.53. The number of nitrogens with zero attached hydrogens (tertiary/aromatic N) is 3. The number of ether oxygens (including phenoxy) is 1. The molecule has 2 atom stereocenters. The highest BCUT2D eigenvalue weighted by Gasteiger charge is 2.35. The number of benzene rings is 2. The van der Waals surface area contributed by atoms with Crippen molar-refractivity contribution in [2.75, 3.05) is 13.2 Å². The number of nitrogens with one attached hydrogen (secondary N) is 1. The van der Waals surface area contributed by atoms with Gasteiger partial charge in [-0.1, -0.05) is 59.2 Å². The maximum absolute atomic E-state index is 6.13. The second-order valence-corrected chi connectivity index (χ2v) is 8.79. The predicted molar refractivity (Wildman–Crippen MR) is 128 cm³/mol. The fourth-order valence-electron chi connectivity index (χ4n) is 4.21. The maximum Gasteiger partial charge on any atom is 0.258 e. The van der Waals surface area contributed by atoms with Crippen LogP contribution in [0.2, 0.25) is 5.02 Å². The van der Waals surface area contributed by atoms with Gasteiger partial charge in [0.15, 0.2) is 5.11 Å². The lowest BCUT2D eigenvalue weighted by Gasteiger charge is -2.38. The molecule has 0 aliphatic carbocycles. The topological polar surface area (TPSA) is 63.4 Å². The molecule has 8 heteroatoms. The highest BCUT2D eigenvalue weighted by molar-refractivity contribution is 7.80. The minimum Gasteiger partial charge on any atom is -0.376 e. The van der Waals surface area contributed by atoms with Gasteiger partial charge in [-0.3, -0.25) is 0 Å². The zero-order chi connectivity index (χ0) is 22.1. The molecule has 1 aromatic heterocycles. The van der Waals surface area contributed by atoms with Crippen LogP contribution in [0.1, 0.15) is 37.3 Å². The first kappa shape index (κ1) is 21.1. The van der Waals surface area contributed by atoms with Gasteiger partial charge in [0.2, 0.25) is 5.82 Å². The molecule has 6 nitrogen and oxygen atoms in total. The lowest BCUT2D eigenvalue weighted by Crippen LogP contribution is -2.48. The molecule has 164 valence electrons. The van der Waals surface area contributed by atoms with Crippen molar-refractivity contribution in [1.29, 1.82) is 0 Å². The van der Waals surface area contributed by atoms with Crippen LogP contribution in [0.25, 0.3) is 17.0 Å². The van der Waals surface area contributed by atoms with Crippen LogP contribution in [0.4, 0.5) is 0 Å². The maximum atomic E-state index is 6.13. The molecular formula is C24H23ClN4O2S. The Balaban J connectivity index is 1.57. The van der Waals surface area contributed by atoms with E-state index >= 15 is 0 Å². The number of rotatable bonds is 5. The molecule has 0 bridgehead atoms. The van der Waals surface area contributed by atoms with Crippen molar-refractivity contribution in [1.82, 2.24) is 20.4 Å². The zero-order valence-electron chi connectivity index (χ0n) is 17.6. The van der Waals surface area contributed by atoms with Crippen molar-refractivity contribution >= 4 is 34.5 Å². The minimum absolute atomic E-state index is 0.153. The van der Waals surface area contributed by atoms with E-state index in [1.54, 1.807) is 0 Å². The molecule has 32 heavy (non-hydrogen) atoms. The Morgan fingerprint density at radius 1 is 1.16 bits per heavy atom. The van der Waals surface area contributed by atoms with Gasteiger partial charge < -0.3 is 19.5 Å². The van der Waals surface area contributed by atoms with E-state index in [4.69, 9.17) is 38.1 Å². The highest BCUT2D eigenvalue weighted by atomic mass is 35.5. The molecule has 2 aliphatic rings. The molecule has 5 rings (SSSR count). The smallest absolute Gasteiger partial charge is 0.258 e. The van der Waals surface area contributed by atoms with E-state index in [1.165, 1.54) is 0 Å². The van der Waals surface area contributed by atoms with Crippen LogP contribution in [-0.4, -0.2) is 39.4 Å². The normalized spacial score (nSPS) is 21.2. The van der Waals surface area contributed by atoms with Crippen LogP contribution in [-0.2, 0) is 4.74 Å². The Bertz CT molecular complexity index is 1140. The average Bonchev–Trinajstić information content (AvgIpc) is 3.50. The lowest BCUT2D eigenvalue weighted by atomic mass is 9.94. The molecule has 0 saturated carbocycles. The van der Waals surface area contributed by atoms with Crippen molar-refractivity contribution in [2.24, 2.45) is 0 Å². The summed E-state index contributed by atoms with van der Waals surface area (Å²) in [5.74, 6) is 1.02. The van der Waals surface area contributed by atoms with Gasteiger partial charge in [0.25, 0.3) is 5.89 Å². The number of hydrogen-bond donors (Lipinski definition) is 1. The van der Waals surface area contributed by atoms with E-state index in [0.29, 0.717) is 28.4 Å². The summed E-state index contributed by atoms with van der Waals surface area (Å²) in [7, 11) is 0. The summed E-state index contributed by atoms with van der Waals surface area (Å²) in [5, 5.41) is 9.05. The molecule has 2 aliphatic heterocycles. The largest absolute Gasteiger partial charge is 0.376 e. The van der Waals surface area contributed by atoms with Crippen molar-refractivity contribution < 1.29 is 9.26 Å². The van der Waals surface area contributed by atoms with Gasteiger partial charge in [0.05, 0.1) is 24.3 Å². The first-order valence-electron chi connectivity index (χ1n) is 10.7. The van der Waals surface area contributed by atoms with Crippen LogP contribution in [0.15, 0.2) is 64.8 Å². The Hall–Kier alpha value is -2.74. The fourth-order valence-corrected chi connectivity index (χ4v) is 4.67. The van der Waals surface area contributed by atoms with Gasteiger partial charge in [-0.05, 0) is 49.7 Å². The number of hydrogen-bond acceptors (Lipinski definition) is 5. The first-order chi connectivity index (χ1) is 15.6. The Labute approximate surface area is 197 Å². The third-order valence-electron chi connectivity index (χ3n) is 5.90. The molecule has 1 N–H and O–H groups in total. The number of halogens is 1. The van der Waals surface area contributed by atoms with E-state index in [2.05, 4.69) is 15.4 Å². The average molecular weight is 467 g/mol. The van der Waals surface area contributed by atoms with E-state index < -0.39 is 0 Å². The summed E-state index contributed by atoms with van der Waals surface area (Å²) >= 11 is 11.9. The molecule has 0 radical (unpaired) electrons. The second-order valence-electron chi connectivity index (χ2n) is 7.97. The van der Waals surface area contributed by atoms with Crippen LogP contribution in [0.5, 0.6) is 0 Å². The molecular weight excluding hydrogens is 444 g/mol. The molecule has 3 aromatic rings. The Kier molecular flexibility index (Phi) is 5.95. The highest BCUT2D eigenvalue weighted by Crippen LogP contribution is 2.38. The van der Waals surface area contributed by atoms with E-state index in [9.17, 15) is 0 Å². The molecule has 0 spiro atoms. The van der Waals surface area contributed by atoms with Gasteiger partial charge in [0.1, 0.15) is 0 Å². The monoisotopic (exact) mass is 466 g/mol. The minimum atomic E-state index is -0.232. The Morgan fingerprint density at radius 2 is 1.94 bits per heavy atom. The summed E-state index contributed by atoms with van der Waals surface area (Å²) < 4.78 is 11.6. The van der Waals surface area contributed by atoms with Crippen molar-refractivity contribution in [2.45, 2.75) is 31.9 Å². The third kappa shape index (κ3) is 4.16. The van der Waals surface area contributed by atoms with Gasteiger partial charge in [-0.25, -0.2) is 0 Å². The number of allylic oxidation sites excluding steroid dienone is 1. The molecule has 3 heterocycles. The van der Waals surface area contributed by atoms with Crippen molar-refractivity contribution in [3.8, 4) is 11.4 Å². The fraction of sp³-hybridized carbons (Fsp3) is 0.292. The van der Waals surface area contributed by atoms with Gasteiger partial charge in [0, 0.05) is 22.9 Å². The quantitative estimate of drug-likeness (QED) is 0.516. The van der Waals surface area contributed by atoms with Gasteiger partial charge in [-0.15, -0.1) is 0 Å². The van der Waals surface area contributed by atoms with Crippen molar-refractivity contribution in [3.63, 3.8) is 0 Å². The molecule has 0 amide bonds. The first-order valence-corrected chi connectivity index (χ1v) is 11.4. The van der Waals surface area contributed by atoms with Crippen LogP contribution >= 0.6 is 23.8 Å². The molecule has 1 fully saturated rings. The van der Waals surface area contributed by atoms with E-state index in [-0.39, 0.29) is 12.1 Å². The van der Waals surface area contributed by atoms with Crippen LogP contribution in [0.3, 0.4) is 0 Å². The van der Waals surface area contributed by atoms with Gasteiger partial charge >= 0.3 is 0 Å². The summed E-state index contributed by atoms with van der Waals surface area (Å²) in [5.41, 5.74) is 3.79. The summed E-state index contributed by atoms with van der Waals surface area (Å²) in [6, 6.07) is 17.3. The zero-order valence-corrected chi connectivity index (χ0v) is 19.2. The number of aromatic nitrogens is 2.